The van der Waals surface area contributed by atoms with Gasteiger partial charge in [-0.05, 0) is 18.6 Å². The third kappa shape index (κ3) is 2.85. The van der Waals surface area contributed by atoms with Crippen molar-refractivity contribution < 1.29 is 14.7 Å². The Morgan fingerprint density at radius 2 is 1.70 bits per heavy atom. The van der Waals surface area contributed by atoms with Gasteiger partial charge in [0.05, 0.1) is 23.8 Å². The lowest BCUT2D eigenvalue weighted by atomic mass is 10.2. The lowest BCUT2D eigenvalue weighted by Crippen LogP contribution is -2.32. The molecule has 0 saturated heterocycles. The molecule has 1 N–H and O–H groups in total. The minimum Gasteiger partial charge on any atom is -0.476 e. The Hall–Kier alpha value is -2.96. The molecule has 7 heteroatoms. The number of hydrogen-bond acceptors (Lipinski definition) is 5. The van der Waals surface area contributed by atoms with E-state index in [4.69, 9.17) is 5.11 Å². The van der Waals surface area contributed by atoms with E-state index in [0.717, 1.165) is 30.5 Å². The van der Waals surface area contributed by atoms with E-state index in [1.165, 1.54) is 6.20 Å². The summed E-state index contributed by atoms with van der Waals surface area (Å²) < 4.78 is 0. The Labute approximate surface area is 133 Å². The molecule has 23 heavy (non-hydrogen) atoms. The smallest absolute Gasteiger partial charge is 0.356 e. The van der Waals surface area contributed by atoms with Gasteiger partial charge in [-0.25, -0.2) is 14.8 Å². The first kappa shape index (κ1) is 15.0. The maximum absolute atomic E-state index is 12.8. The summed E-state index contributed by atoms with van der Waals surface area (Å²) in [6.45, 7) is 1.42. The van der Waals surface area contributed by atoms with Crippen molar-refractivity contribution in [3.05, 3.63) is 48.0 Å². The summed E-state index contributed by atoms with van der Waals surface area (Å²) in [5.74, 6) is -1.45. The molecule has 0 unspecified atom stereocenters. The van der Waals surface area contributed by atoms with Gasteiger partial charge in [0.25, 0.3) is 5.91 Å². The molecule has 0 aliphatic carbocycles. The number of hydrogen-bond donors (Lipinski definition) is 1. The SMILES string of the molecule is CN1CCCN(C(=O)c2cnc(C(=O)O)cn2)c2ccccc21. The van der Waals surface area contributed by atoms with E-state index in [-0.39, 0.29) is 17.3 Å². The van der Waals surface area contributed by atoms with Gasteiger partial charge in [0.2, 0.25) is 0 Å². The van der Waals surface area contributed by atoms with Crippen LogP contribution in [-0.2, 0) is 0 Å². The number of benzene rings is 1. The summed E-state index contributed by atoms with van der Waals surface area (Å²) in [4.78, 5) is 35.1. The quantitative estimate of drug-likeness (QED) is 0.907. The van der Waals surface area contributed by atoms with Crippen molar-refractivity contribution in [1.29, 1.82) is 0 Å². The van der Waals surface area contributed by atoms with Gasteiger partial charge in [0, 0.05) is 20.1 Å². The van der Waals surface area contributed by atoms with Gasteiger partial charge < -0.3 is 14.9 Å². The van der Waals surface area contributed by atoms with E-state index in [0.29, 0.717) is 6.54 Å². The van der Waals surface area contributed by atoms with Crippen molar-refractivity contribution in [1.82, 2.24) is 9.97 Å². The molecular weight excluding hydrogens is 296 g/mol. The van der Waals surface area contributed by atoms with E-state index < -0.39 is 5.97 Å². The van der Waals surface area contributed by atoms with Gasteiger partial charge >= 0.3 is 5.97 Å². The Morgan fingerprint density at radius 1 is 1.04 bits per heavy atom. The fourth-order valence-electron chi connectivity index (χ4n) is 2.62. The zero-order valence-electron chi connectivity index (χ0n) is 12.6. The second-order valence-corrected chi connectivity index (χ2v) is 5.31. The van der Waals surface area contributed by atoms with Gasteiger partial charge in [-0.15, -0.1) is 0 Å². The predicted octanol–water partition coefficient (Wildman–Crippen LogP) is 1.66. The number of amides is 1. The van der Waals surface area contributed by atoms with Crippen molar-refractivity contribution in [3.8, 4) is 0 Å². The highest BCUT2D eigenvalue weighted by molar-refractivity contribution is 6.06. The van der Waals surface area contributed by atoms with E-state index in [1.54, 1.807) is 4.90 Å². The summed E-state index contributed by atoms with van der Waals surface area (Å²) in [7, 11) is 1.99. The molecule has 1 aliphatic heterocycles. The van der Waals surface area contributed by atoms with E-state index in [1.807, 2.05) is 31.3 Å². The minimum absolute atomic E-state index is 0.134. The van der Waals surface area contributed by atoms with Crippen LogP contribution in [0.1, 0.15) is 27.4 Å². The largest absolute Gasteiger partial charge is 0.476 e. The fraction of sp³-hybridized carbons (Fsp3) is 0.250. The number of carbonyl (C=O) groups is 2. The third-order valence-electron chi connectivity index (χ3n) is 3.79. The highest BCUT2D eigenvalue weighted by atomic mass is 16.4. The molecule has 0 saturated carbocycles. The van der Waals surface area contributed by atoms with Crippen LogP contribution in [0.4, 0.5) is 11.4 Å². The Bertz CT molecular complexity index is 745. The minimum atomic E-state index is -1.17. The van der Waals surface area contributed by atoms with Crippen LogP contribution >= 0.6 is 0 Å². The number of carboxylic acid groups (broad SMARTS) is 1. The molecular formula is C16H16N4O3. The monoisotopic (exact) mass is 312 g/mol. The fourth-order valence-corrected chi connectivity index (χ4v) is 2.62. The number of anilines is 2. The van der Waals surface area contributed by atoms with Gasteiger partial charge in [-0.2, -0.15) is 0 Å². The maximum Gasteiger partial charge on any atom is 0.356 e. The molecule has 0 bridgehead atoms. The number of aromatic nitrogens is 2. The molecule has 1 aromatic carbocycles. The molecule has 0 spiro atoms. The van der Waals surface area contributed by atoms with Crippen molar-refractivity contribution in [2.45, 2.75) is 6.42 Å². The normalized spacial score (nSPS) is 14.1. The molecule has 1 aliphatic rings. The van der Waals surface area contributed by atoms with Crippen LogP contribution in [0, 0.1) is 0 Å². The summed E-state index contributed by atoms with van der Waals surface area (Å²) in [6, 6.07) is 7.69. The van der Waals surface area contributed by atoms with Crippen molar-refractivity contribution >= 4 is 23.3 Å². The van der Waals surface area contributed by atoms with Crippen LogP contribution in [0.5, 0.6) is 0 Å². The zero-order valence-corrected chi connectivity index (χ0v) is 12.6. The van der Waals surface area contributed by atoms with Crippen molar-refractivity contribution in [3.63, 3.8) is 0 Å². The summed E-state index contributed by atoms with van der Waals surface area (Å²) in [5, 5.41) is 8.86. The van der Waals surface area contributed by atoms with Gasteiger partial charge in [-0.1, -0.05) is 12.1 Å². The summed E-state index contributed by atoms with van der Waals surface area (Å²) in [5.41, 5.74) is 1.75. The third-order valence-corrected chi connectivity index (χ3v) is 3.79. The lowest BCUT2D eigenvalue weighted by molar-refractivity contribution is 0.0689. The summed E-state index contributed by atoms with van der Waals surface area (Å²) in [6.07, 6.45) is 3.14. The van der Waals surface area contributed by atoms with Crippen LogP contribution in [0.25, 0.3) is 0 Å². The highest BCUT2D eigenvalue weighted by Gasteiger charge is 2.25. The molecule has 118 valence electrons. The van der Waals surface area contributed by atoms with E-state index in [9.17, 15) is 9.59 Å². The molecule has 0 fully saturated rings. The number of rotatable bonds is 2. The van der Waals surface area contributed by atoms with Crippen molar-refractivity contribution in [2.75, 3.05) is 29.9 Å². The van der Waals surface area contributed by atoms with Crippen LogP contribution in [0.3, 0.4) is 0 Å². The topological polar surface area (TPSA) is 86.6 Å². The molecule has 0 atom stereocenters. The first-order chi connectivity index (χ1) is 11.1. The average Bonchev–Trinajstić information content (AvgIpc) is 2.74. The lowest BCUT2D eigenvalue weighted by Gasteiger charge is -2.23. The van der Waals surface area contributed by atoms with Gasteiger partial charge in [0.1, 0.15) is 5.69 Å². The molecule has 7 nitrogen and oxygen atoms in total. The van der Waals surface area contributed by atoms with Crippen LogP contribution in [0.15, 0.2) is 36.7 Å². The maximum atomic E-state index is 12.8. The Kier molecular flexibility index (Phi) is 3.92. The molecule has 0 radical (unpaired) electrons. The number of aromatic carboxylic acids is 1. The first-order valence-corrected chi connectivity index (χ1v) is 7.25. The molecule has 1 amide bonds. The second kappa shape index (κ2) is 6.04. The number of nitrogens with zero attached hydrogens (tertiary/aromatic N) is 4. The second-order valence-electron chi connectivity index (χ2n) is 5.31. The number of para-hydroxylation sites is 2. The molecule has 1 aromatic heterocycles. The zero-order chi connectivity index (χ0) is 16.4. The van der Waals surface area contributed by atoms with Gasteiger partial charge in [0.15, 0.2) is 5.69 Å². The number of carboxylic acids is 1. The van der Waals surface area contributed by atoms with Crippen LogP contribution < -0.4 is 9.80 Å². The molecule has 2 heterocycles. The Balaban J connectivity index is 1.95. The van der Waals surface area contributed by atoms with E-state index >= 15 is 0 Å². The first-order valence-electron chi connectivity index (χ1n) is 7.25. The standard InChI is InChI=1S/C16H16N4O3/c1-19-7-4-8-20(14-6-3-2-5-13(14)19)15(21)11-9-18-12(10-17-11)16(22)23/h2-3,5-6,9-10H,4,7-8H2,1H3,(H,22,23). The van der Waals surface area contributed by atoms with Crippen molar-refractivity contribution in [2.24, 2.45) is 0 Å². The van der Waals surface area contributed by atoms with Crippen LogP contribution in [-0.4, -0.2) is 47.1 Å². The Morgan fingerprint density at radius 3 is 2.35 bits per heavy atom. The highest BCUT2D eigenvalue weighted by Crippen LogP contribution is 2.31. The van der Waals surface area contributed by atoms with Gasteiger partial charge in [-0.3, -0.25) is 4.79 Å². The number of carbonyl (C=O) groups excluding carboxylic acids is 1. The molecule has 3 rings (SSSR count). The summed E-state index contributed by atoms with van der Waals surface area (Å²) >= 11 is 0. The predicted molar refractivity (Wildman–Crippen MR) is 85.0 cm³/mol. The van der Waals surface area contributed by atoms with Crippen LogP contribution in [0.2, 0.25) is 0 Å². The van der Waals surface area contributed by atoms with E-state index in [2.05, 4.69) is 14.9 Å². The molecule has 2 aromatic rings. The number of fused-ring (bicyclic) bond motifs is 1. The average molecular weight is 312 g/mol.